The zero-order chi connectivity index (χ0) is 24.5. The molecule has 2 aromatic carbocycles. The lowest BCUT2D eigenvalue weighted by molar-refractivity contribution is 0.0732. The number of hydrogen-bond acceptors (Lipinski definition) is 5. The Kier molecular flexibility index (Phi) is 6.56. The molecular weight excluding hydrogens is 474 g/mol. The molecule has 0 N–H and O–H groups in total. The summed E-state index contributed by atoms with van der Waals surface area (Å²) in [5.41, 5.74) is 1.91. The Balaban J connectivity index is 1.49. The quantitative estimate of drug-likeness (QED) is 0.466. The minimum Gasteiger partial charge on any atom is -0.435 e. The fourth-order valence-corrected chi connectivity index (χ4v) is 4.54. The number of amides is 1. The molecule has 1 saturated heterocycles. The lowest BCUT2D eigenvalue weighted by atomic mass is 9.99. The summed E-state index contributed by atoms with van der Waals surface area (Å²) < 4.78 is 33.8. The van der Waals surface area contributed by atoms with E-state index in [2.05, 4.69) is 16.8 Å². The fourth-order valence-electron chi connectivity index (χ4n) is 4.42. The monoisotopic (exact) mass is 498 g/mol. The molecule has 6 nitrogen and oxygen atoms in total. The molecule has 0 atom stereocenters. The molecular formula is C26H25ClF2N4O2. The summed E-state index contributed by atoms with van der Waals surface area (Å²) in [5.74, 6) is -0.446. The third kappa shape index (κ3) is 5.07. The highest BCUT2D eigenvalue weighted by Crippen LogP contribution is 2.34. The molecule has 0 unspecified atom stereocenters. The molecule has 3 aromatic rings. The molecule has 5 rings (SSSR count). The van der Waals surface area contributed by atoms with Crippen LogP contribution in [0, 0.1) is 17.6 Å². The van der Waals surface area contributed by atoms with Gasteiger partial charge in [0.05, 0.1) is 17.8 Å². The Bertz CT molecular complexity index is 1250. The molecule has 1 aromatic heterocycles. The number of benzene rings is 2. The number of carbonyl (C=O) groups is 1. The van der Waals surface area contributed by atoms with Crippen molar-refractivity contribution in [2.45, 2.75) is 32.7 Å². The number of hydrogen-bond donors (Lipinski definition) is 0. The molecule has 1 amide bonds. The number of halogens is 3. The van der Waals surface area contributed by atoms with Gasteiger partial charge >= 0.3 is 0 Å². The summed E-state index contributed by atoms with van der Waals surface area (Å²) in [6.45, 7) is 4.57. The number of piperidine rings is 1. The van der Waals surface area contributed by atoms with Crippen LogP contribution >= 0.6 is 11.6 Å². The van der Waals surface area contributed by atoms with Gasteiger partial charge in [0.1, 0.15) is 5.82 Å². The normalized spacial score (nSPS) is 16.2. The molecule has 9 heteroatoms. The Hall–Kier alpha value is -3.26. The average molecular weight is 499 g/mol. The van der Waals surface area contributed by atoms with E-state index in [1.807, 2.05) is 0 Å². The molecule has 3 heterocycles. The van der Waals surface area contributed by atoms with Crippen molar-refractivity contribution in [2.24, 2.45) is 5.92 Å². The van der Waals surface area contributed by atoms with Gasteiger partial charge in [0, 0.05) is 42.7 Å². The maximum absolute atomic E-state index is 14.4. The van der Waals surface area contributed by atoms with Crippen LogP contribution in [0.15, 0.2) is 42.5 Å². The van der Waals surface area contributed by atoms with Gasteiger partial charge in [-0.3, -0.25) is 4.79 Å². The van der Waals surface area contributed by atoms with Crippen LogP contribution in [-0.2, 0) is 13.0 Å². The van der Waals surface area contributed by atoms with E-state index in [0.717, 1.165) is 43.8 Å². The van der Waals surface area contributed by atoms with E-state index in [4.69, 9.17) is 21.3 Å². The highest BCUT2D eigenvalue weighted by Gasteiger charge is 2.29. The molecule has 0 spiro atoms. The highest BCUT2D eigenvalue weighted by molar-refractivity contribution is 6.30. The topological polar surface area (TPSA) is 58.6 Å². The number of nitrogens with zero attached hydrogens (tertiary/aromatic N) is 4. The maximum Gasteiger partial charge on any atom is 0.254 e. The van der Waals surface area contributed by atoms with E-state index in [-0.39, 0.29) is 24.1 Å². The third-order valence-corrected chi connectivity index (χ3v) is 6.81. The van der Waals surface area contributed by atoms with E-state index in [0.29, 0.717) is 41.0 Å². The molecule has 35 heavy (non-hydrogen) atoms. The van der Waals surface area contributed by atoms with Crippen molar-refractivity contribution in [2.75, 3.05) is 24.5 Å². The summed E-state index contributed by atoms with van der Waals surface area (Å²) in [7, 11) is 0. The van der Waals surface area contributed by atoms with Crippen LogP contribution in [0.2, 0.25) is 5.02 Å². The van der Waals surface area contributed by atoms with Crippen LogP contribution in [0.3, 0.4) is 0 Å². The summed E-state index contributed by atoms with van der Waals surface area (Å²) in [5, 5.41) is 0.551. The van der Waals surface area contributed by atoms with Crippen molar-refractivity contribution in [1.82, 2.24) is 14.9 Å². The largest absolute Gasteiger partial charge is 0.435 e. The number of ether oxygens (including phenoxy) is 1. The van der Waals surface area contributed by atoms with Gasteiger partial charge < -0.3 is 14.5 Å². The predicted molar refractivity (Wildman–Crippen MR) is 129 cm³/mol. The minimum atomic E-state index is -0.824. The lowest BCUT2D eigenvalue weighted by Crippen LogP contribution is -2.38. The van der Waals surface area contributed by atoms with Crippen LogP contribution in [0.25, 0.3) is 0 Å². The minimum absolute atomic E-state index is 0.133. The summed E-state index contributed by atoms with van der Waals surface area (Å²) in [4.78, 5) is 26.4. The van der Waals surface area contributed by atoms with E-state index in [9.17, 15) is 13.6 Å². The van der Waals surface area contributed by atoms with Crippen LogP contribution in [0.1, 0.15) is 41.4 Å². The van der Waals surface area contributed by atoms with Gasteiger partial charge in [0.2, 0.25) is 11.8 Å². The van der Waals surface area contributed by atoms with Crippen molar-refractivity contribution < 1.29 is 18.3 Å². The van der Waals surface area contributed by atoms with Gasteiger partial charge in [-0.05, 0) is 55.2 Å². The van der Waals surface area contributed by atoms with Gasteiger partial charge in [-0.25, -0.2) is 13.8 Å². The first kappa shape index (κ1) is 23.5. The zero-order valence-corrected chi connectivity index (χ0v) is 20.1. The molecule has 0 saturated carbocycles. The molecule has 0 bridgehead atoms. The van der Waals surface area contributed by atoms with Crippen molar-refractivity contribution in [1.29, 1.82) is 0 Å². The standard InChI is InChI=1S/C26H25ClF2N4O2/c1-16-8-11-32(12-9-16)26-30-22-10-13-33(25(34)17-2-4-18(27)5-3-17)15-20(22)24(31-26)35-23-7-6-19(28)14-21(23)29/h2-7,14,16H,8-13,15H2,1H3. The van der Waals surface area contributed by atoms with E-state index in [1.54, 1.807) is 29.2 Å². The zero-order valence-electron chi connectivity index (χ0n) is 19.3. The molecule has 2 aliphatic heterocycles. The van der Waals surface area contributed by atoms with E-state index >= 15 is 0 Å². The predicted octanol–water partition coefficient (Wildman–Crippen LogP) is 5.64. The molecule has 182 valence electrons. The summed E-state index contributed by atoms with van der Waals surface area (Å²) >= 11 is 5.96. The smallest absolute Gasteiger partial charge is 0.254 e. The third-order valence-electron chi connectivity index (χ3n) is 6.56. The second-order valence-corrected chi connectivity index (χ2v) is 9.52. The molecule has 0 radical (unpaired) electrons. The Morgan fingerprint density at radius 1 is 1.06 bits per heavy atom. The van der Waals surface area contributed by atoms with Crippen LogP contribution in [0.4, 0.5) is 14.7 Å². The lowest BCUT2D eigenvalue weighted by Gasteiger charge is -2.33. The average Bonchev–Trinajstić information content (AvgIpc) is 2.86. The van der Waals surface area contributed by atoms with Crippen LogP contribution < -0.4 is 9.64 Å². The second kappa shape index (κ2) is 9.77. The van der Waals surface area contributed by atoms with Gasteiger partial charge in [-0.1, -0.05) is 18.5 Å². The molecule has 1 fully saturated rings. The molecule has 2 aliphatic rings. The second-order valence-electron chi connectivity index (χ2n) is 9.08. The SMILES string of the molecule is CC1CCN(c2nc3c(c(Oc4ccc(F)cc4F)n2)CN(C(=O)c2ccc(Cl)cc2)CC3)CC1. The highest BCUT2D eigenvalue weighted by atomic mass is 35.5. The Morgan fingerprint density at radius 2 is 1.80 bits per heavy atom. The van der Waals surface area contributed by atoms with Gasteiger partial charge in [0.15, 0.2) is 11.6 Å². The first-order valence-corrected chi connectivity index (χ1v) is 12.1. The summed E-state index contributed by atoms with van der Waals surface area (Å²) in [6.07, 6.45) is 2.58. The van der Waals surface area contributed by atoms with Crippen LogP contribution in [0.5, 0.6) is 11.6 Å². The number of carbonyl (C=O) groups excluding carboxylic acids is 1. The van der Waals surface area contributed by atoms with Crippen LogP contribution in [-0.4, -0.2) is 40.4 Å². The molecule has 0 aliphatic carbocycles. The Morgan fingerprint density at radius 3 is 2.51 bits per heavy atom. The van der Waals surface area contributed by atoms with Crippen molar-refractivity contribution in [3.05, 3.63) is 75.9 Å². The van der Waals surface area contributed by atoms with E-state index < -0.39 is 11.6 Å². The van der Waals surface area contributed by atoms with E-state index in [1.165, 1.54) is 6.07 Å². The number of rotatable bonds is 4. The van der Waals surface area contributed by atoms with Crippen molar-refractivity contribution >= 4 is 23.5 Å². The number of fused-ring (bicyclic) bond motifs is 1. The van der Waals surface area contributed by atoms with Crippen molar-refractivity contribution in [3.63, 3.8) is 0 Å². The van der Waals surface area contributed by atoms with Gasteiger partial charge in [-0.2, -0.15) is 4.98 Å². The Labute approximate surface area is 207 Å². The fraction of sp³-hybridized carbons (Fsp3) is 0.346. The first-order valence-electron chi connectivity index (χ1n) is 11.7. The summed E-state index contributed by atoms with van der Waals surface area (Å²) in [6, 6.07) is 9.86. The van der Waals surface area contributed by atoms with Crippen molar-refractivity contribution in [3.8, 4) is 11.6 Å². The maximum atomic E-state index is 14.4. The van der Waals surface area contributed by atoms with Gasteiger partial charge in [-0.15, -0.1) is 0 Å². The van der Waals surface area contributed by atoms with Gasteiger partial charge in [0.25, 0.3) is 5.91 Å². The number of anilines is 1. The number of aromatic nitrogens is 2. The first-order chi connectivity index (χ1) is 16.9.